The summed E-state index contributed by atoms with van der Waals surface area (Å²) in [7, 11) is 3.17. The smallest absolute Gasteiger partial charge is 0.193 e. The van der Waals surface area contributed by atoms with Gasteiger partial charge in [-0.05, 0) is 32.1 Å². The second kappa shape index (κ2) is 21.8. The van der Waals surface area contributed by atoms with Gasteiger partial charge >= 0.3 is 0 Å². The minimum Gasteiger partial charge on any atom is -0.774 e. The Balaban J connectivity index is 3.70. The van der Waals surface area contributed by atoms with Crippen LogP contribution < -0.4 is 4.89 Å². The zero-order valence-corrected chi connectivity index (χ0v) is 24.9. The molecule has 210 valence electrons. The Bertz CT molecular complexity index is 550. The molecule has 7 heteroatoms. The van der Waals surface area contributed by atoms with Crippen molar-refractivity contribution in [1.29, 1.82) is 0 Å². The normalized spacial score (nSPS) is 16.0. The molecule has 0 saturated carbocycles. The largest absolute Gasteiger partial charge is 0.774 e. The number of quaternary nitrogens is 1. The molecule has 0 rings (SSSR count). The molecule has 35 heavy (non-hydrogen) atoms. The highest BCUT2D eigenvalue weighted by Crippen LogP contribution is 2.47. The van der Waals surface area contributed by atoms with Crippen LogP contribution in [0.4, 0.5) is 0 Å². The number of ether oxygens (including phenoxy) is 2. The van der Waals surface area contributed by atoms with Crippen LogP contribution in [-0.2, 0) is 18.6 Å². The summed E-state index contributed by atoms with van der Waals surface area (Å²) in [5.74, 6) is -0.569. The minimum absolute atomic E-state index is 0.00245. The van der Waals surface area contributed by atoms with Gasteiger partial charge in [0.15, 0.2) is 13.4 Å². The van der Waals surface area contributed by atoms with E-state index in [9.17, 15) is 9.46 Å². The van der Waals surface area contributed by atoms with E-state index < -0.39 is 13.4 Å². The summed E-state index contributed by atoms with van der Waals surface area (Å²) >= 11 is 0. The summed E-state index contributed by atoms with van der Waals surface area (Å²) in [5.41, 5.74) is 0. The summed E-state index contributed by atoms with van der Waals surface area (Å²) in [5, 5.41) is 0. The van der Waals surface area contributed by atoms with E-state index in [1.165, 1.54) is 70.6 Å². The topological polar surface area (TPSA) is 67.8 Å². The van der Waals surface area contributed by atoms with E-state index in [2.05, 4.69) is 19.1 Å². The number of hydrogen-bond donors (Lipinski definition) is 0. The molecule has 0 saturated heterocycles. The average Bonchev–Trinajstić information content (AvgIpc) is 2.79. The SMILES string of the molecule is CCCCCCCCCCC/C=C\CCCCCOC[C@H](COP(=O)([O-])C(CC)[N+](C)(C)C)OC. The van der Waals surface area contributed by atoms with E-state index in [0.29, 0.717) is 24.1 Å². The van der Waals surface area contributed by atoms with Crippen molar-refractivity contribution in [2.24, 2.45) is 0 Å². The van der Waals surface area contributed by atoms with Gasteiger partial charge in [0.2, 0.25) is 0 Å². The Morgan fingerprint density at radius 2 is 1.31 bits per heavy atom. The zero-order chi connectivity index (χ0) is 26.4. The molecule has 0 radical (unpaired) electrons. The van der Waals surface area contributed by atoms with Crippen LogP contribution in [0.1, 0.15) is 110 Å². The van der Waals surface area contributed by atoms with Crippen molar-refractivity contribution in [3.8, 4) is 0 Å². The van der Waals surface area contributed by atoms with Crippen molar-refractivity contribution in [2.75, 3.05) is 48.1 Å². The Morgan fingerprint density at radius 1 is 0.800 bits per heavy atom. The molecule has 3 atom stereocenters. The van der Waals surface area contributed by atoms with Crippen LogP contribution in [0.25, 0.3) is 0 Å². The summed E-state index contributed by atoms with van der Waals surface area (Å²) in [4.78, 5) is 12.6. The molecule has 0 aromatic rings. The van der Waals surface area contributed by atoms with Gasteiger partial charge in [-0.15, -0.1) is 0 Å². The maximum atomic E-state index is 12.6. The van der Waals surface area contributed by atoms with Gasteiger partial charge in [-0.1, -0.05) is 83.8 Å². The molecular weight excluding hydrogens is 461 g/mol. The van der Waals surface area contributed by atoms with Crippen molar-refractivity contribution in [3.63, 3.8) is 0 Å². The monoisotopic (exact) mass is 519 g/mol. The van der Waals surface area contributed by atoms with Crippen LogP contribution in [0.15, 0.2) is 12.2 Å². The summed E-state index contributed by atoms with van der Waals surface area (Å²) in [6.45, 7) is 5.14. The van der Waals surface area contributed by atoms with Gasteiger partial charge in [0.25, 0.3) is 0 Å². The van der Waals surface area contributed by atoms with Crippen molar-refractivity contribution in [2.45, 2.75) is 122 Å². The van der Waals surface area contributed by atoms with Crippen molar-refractivity contribution in [1.82, 2.24) is 0 Å². The van der Waals surface area contributed by atoms with Gasteiger partial charge in [-0.25, -0.2) is 0 Å². The number of unbranched alkanes of at least 4 members (excludes halogenated alkanes) is 12. The van der Waals surface area contributed by atoms with Crippen molar-refractivity contribution in [3.05, 3.63) is 12.2 Å². The Labute approximate surface area is 217 Å². The number of hydrogen-bond acceptors (Lipinski definition) is 5. The first-order valence-corrected chi connectivity index (χ1v) is 15.8. The van der Waals surface area contributed by atoms with Gasteiger partial charge in [-0.3, -0.25) is 0 Å². The third-order valence-electron chi connectivity index (χ3n) is 6.50. The zero-order valence-electron chi connectivity index (χ0n) is 24.0. The van der Waals surface area contributed by atoms with Crippen LogP contribution in [-0.4, -0.2) is 64.4 Å². The summed E-state index contributed by atoms with van der Waals surface area (Å²) in [6, 6.07) is 0. The number of nitrogens with zero attached hydrogens (tertiary/aromatic N) is 1. The van der Waals surface area contributed by atoms with Crippen molar-refractivity contribution >= 4 is 7.60 Å². The number of methoxy groups -OCH3 is 1. The van der Waals surface area contributed by atoms with Gasteiger partial charge in [0.1, 0.15) is 6.10 Å². The van der Waals surface area contributed by atoms with Crippen LogP contribution in [0, 0.1) is 0 Å². The van der Waals surface area contributed by atoms with Gasteiger partial charge in [0.05, 0.1) is 34.4 Å². The lowest BCUT2D eigenvalue weighted by Crippen LogP contribution is -2.47. The molecule has 0 N–H and O–H groups in total. The highest BCUT2D eigenvalue weighted by molar-refractivity contribution is 7.51. The van der Waals surface area contributed by atoms with E-state index >= 15 is 0 Å². The molecule has 0 bridgehead atoms. The third-order valence-corrected chi connectivity index (χ3v) is 8.80. The molecule has 0 aliphatic rings. The van der Waals surface area contributed by atoms with E-state index in [0.717, 1.165) is 19.3 Å². The number of rotatable bonds is 25. The lowest BCUT2D eigenvalue weighted by Gasteiger charge is -2.41. The van der Waals surface area contributed by atoms with Crippen LogP contribution in [0.3, 0.4) is 0 Å². The Kier molecular flexibility index (Phi) is 21.7. The van der Waals surface area contributed by atoms with Crippen LogP contribution in [0.2, 0.25) is 0 Å². The summed E-state index contributed by atoms with van der Waals surface area (Å²) in [6.07, 6.45) is 22.9. The molecule has 0 fully saturated rings. The maximum Gasteiger partial charge on any atom is 0.193 e. The van der Waals surface area contributed by atoms with E-state index in [-0.39, 0.29) is 12.7 Å². The fraction of sp³-hybridized carbons (Fsp3) is 0.929. The standard InChI is InChI=1S/C28H58NO5P/c1-7-9-10-11-12-13-14-15-16-17-18-19-20-21-22-23-24-33-25-27(32-6)26-34-35(30,31)28(8-2)29(3,4)5/h18-19,27-28H,7-17,20-26H2,1-6H3/b19-18-/t27-,28?/m1/s1. The Morgan fingerprint density at radius 3 is 1.80 bits per heavy atom. The van der Waals surface area contributed by atoms with E-state index in [4.69, 9.17) is 14.0 Å². The minimum atomic E-state index is -3.99. The highest BCUT2D eigenvalue weighted by Gasteiger charge is 2.34. The van der Waals surface area contributed by atoms with Crippen molar-refractivity contribution < 1.29 is 27.9 Å². The Hall–Kier alpha value is -0.230. The van der Waals surface area contributed by atoms with E-state index in [1.807, 2.05) is 28.1 Å². The fourth-order valence-corrected chi connectivity index (χ4v) is 6.16. The van der Waals surface area contributed by atoms with Gasteiger partial charge in [0, 0.05) is 20.1 Å². The molecule has 0 aliphatic carbocycles. The van der Waals surface area contributed by atoms with Crippen LogP contribution >= 0.6 is 7.60 Å². The first-order valence-electron chi connectivity index (χ1n) is 14.2. The van der Waals surface area contributed by atoms with Crippen LogP contribution in [0.5, 0.6) is 0 Å². The third kappa shape index (κ3) is 19.5. The molecule has 0 aliphatic heterocycles. The maximum absolute atomic E-state index is 12.6. The molecule has 0 amide bonds. The number of allylic oxidation sites excluding steroid dienone is 2. The van der Waals surface area contributed by atoms with Gasteiger partial charge in [-0.2, -0.15) is 0 Å². The second-order valence-corrected chi connectivity index (χ2v) is 12.6. The van der Waals surface area contributed by atoms with E-state index in [1.54, 1.807) is 7.11 Å². The average molecular weight is 520 g/mol. The molecule has 0 aromatic carbocycles. The second-order valence-electron chi connectivity index (χ2n) is 10.7. The first kappa shape index (κ1) is 34.8. The lowest BCUT2D eigenvalue weighted by atomic mass is 10.1. The molecule has 0 heterocycles. The molecule has 0 spiro atoms. The summed E-state index contributed by atoms with van der Waals surface area (Å²) < 4.78 is 29.3. The predicted octanol–water partition coefficient (Wildman–Crippen LogP) is 7.07. The quantitative estimate of drug-likeness (QED) is 0.0558. The molecular formula is C28H58NO5P. The molecule has 0 aromatic heterocycles. The predicted molar refractivity (Wildman–Crippen MR) is 147 cm³/mol. The highest BCUT2D eigenvalue weighted by atomic mass is 31.2. The lowest BCUT2D eigenvalue weighted by molar-refractivity contribution is -0.884. The first-order chi connectivity index (χ1) is 16.7. The molecule has 6 nitrogen and oxygen atoms in total. The molecule has 2 unspecified atom stereocenters. The van der Waals surface area contributed by atoms with Gasteiger partial charge < -0.3 is 27.9 Å². The fourth-order valence-electron chi connectivity index (χ4n) is 4.32.